The van der Waals surface area contributed by atoms with Crippen LogP contribution in [0, 0.1) is 6.92 Å². The number of nitrogens with one attached hydrogen (secondary N) is 1. The summed E-state index contributed by atoms with van der Waals surface area (Å²) < 4.78 is 5.48. The van der Waals surface area contributed by atoms with Gasteiger partial charge in [0, 0.05) is 10.7 Å². The topological polar surface area (TPSA) is 58.6 Å². The van der Waals surface area contributed by atoms with E-state index in [1.165, 1.54) is 4.90 Å². The molecule has 156 valence electrons. The van der Waals surface area contributed by atoms with Gasteiger partial charge >= 0.3 is 0 Å². The second-order valence-corrected chi connectivity index (χ2v) is 7.56. The molecular formula is C25H21ClN2O3. The predicted octanol–water partition coefficient (Wildman–Crippen LogP) is 5.44. The summed E-state index contributed by atoms with van der Waals surface area (Å²) in [7, 11) is 0. The maximum Gasteiger partial charge on any atom is 0.282 e. The Morgan fingerprint density at radius 2 is 1.52 bits per heavy atom. The van der Waals surface area contributed by atoms with Crippen molar-refractivity contribution in [2.45, 2.75) is 13.8 Å². The fourth-order valence-corrected chi connectivity index (χ4v) is 3.53. The van der Waals surface area contributed by atoms with Crippen molar-refractivity contribution in [3.63, 3.8) is 0 Å². The van der Waals surface area contributed by atoms with Gasteiger partial charge < -0.3 is 10.1 Å². The number of ether oxygens (including phenoxy) is 1. The first kappa shape index (κ1) is 20.7. The van der Waals surface area contributed by atoms with Crippen LogP contribution in [0.1, 0.15) is 18.1 Å². The van der Waals surface area contributed by atoms with Crippen molar-refractivity contribution in [1.29, 1.82) is 0 Å². The van der Waals surface area contributed by atoms with E-state index < -0.39 is 5.91 Å². The van der Waals surface area contributed by atoms with Crippen molar-refractivity contribution in [3.8, 4) is 5.75 Å². The van der Waals surface area contributed by atoms with E-state index in [-0.39, 0.29) is 11.6 Å². The number of nitrogens with zero attached hydrogens (tertiary/aromatic N) is 1. The number of halogens is 1. The van der Waals surface area contributed by atoms with Crippen LogP contribution in [0.2, 0.25) is 5.02 Å². The lowest BCUT2D eigenvalue weighted by molar-refractivity contribution is -0.120. The molecule has 0 unspecified atom stereocenters. The van der Waals surface area contributed by atoms with E-state index in [1.54, 1.807) is 24.3 Å². The predicted molar refractivity (Wildman–Crippen MR) is 123 cm³/mol. The summed E-state index contributed by atoms with van der Waals surface area (Å²) in [5.41, 5.74) is 3.45. The van der Waals surface area contributed by atoms with Gasteiger partial charge in [0.1, 0.15) is 11.4 Å². The van der Waals surface area contributed by atoms with E-state index in [0.717, 1.165) is 11.3 Å². The maximum atomic E-state index is 13.4. The summed E-state index contributed by atoms with van der Waals surface area (Å²) >= 11 is 5.98. The zero-order valence-corrected chi connectivity index (χ0v) is 17.9. The fraction of sp³-hybridized carbons (Fsp3) is 0.120. The third-order valence-electron chi connectivity index (χ3n) is 4.94. The zero-order valence-electron chi connectivity index (χ0n) is 17.2. The number of rotatable bonds is 6. The molecule has 0 saturated carbocycles. The van der Waals surface area contributed by atoms with Crippen LogP contribution >= 0.6 is 11.6 Å². The quantitative estimate of drug-likeness (QED) is 0.526. The van der Waals surface area contributed by atoms with E-state index >= 15 is 0 Å². The Morgan fingerprint density at radius 3 is 2.13 bits per heavy atom. The van der Waals surface area contributed by atoms with Crippen molar-refractivity contribution in [2.75, 3.05) is 16.8 Å². The van der Waals surface area contributed by atoms with Crippen LogP contribution in [-0.2, 0) is 9.59 Å². The second-order valence-electron chi connectivity index (χ2n) is 7.12. The van der Waals surface area contributed by atoms with Crippen LogP contribution in [0.15, 0.2) is 78.5 Å². The summed E-state index contributed by atoms with van der Waals surface area (Å²) in [4.78, 5) is 27.9. The molecular weight excluding hydrogens is 412 g/mol. The van der Waals surface area contributed by atoms with Gasteiger partial charge in [-0.15, -0.1) is 0 Å². The number of imide groups is 1. The molecule has 0 radical (unpaired) electrons. The van der Waals surface area contributed by atoms with E-state index in [4.69, 9.17) is 16.3 Å². The highest BCUT2D eigenvalue weighted by atomic mass is 35.5. The molecule has 1 aliphatic heterocycles. The Labute approximate surface area is 185 Å². The molecule has 1 aliphatic rings. The highest BCUT2D eigenvalue weighted by Crippen LogP contribution is 2.34. The first-order valence-corrected chi connectivity index (χ1v) is 10.3. The minimum Gasteiger partial charge on any atom is -0.494 e. The van der Waals surface area contributed by atoms with Gasteiger partial charge in [-0.1, -0.05) is 41.4 Å². The third kappa shape index (κ3) is 4.18. The molecule has 0 fully saturated rings. The number of carbonyl (C=O) groups is 2. The van der Waals surface area contributed by atoms with Crippen molar-refractivity contribution in [1.82, 2.24) is 0 Å². The fourth-order valence-electron chi connectivity index (χ4n) is 3.40. The molecule has 6 heteroatoms. The molecule has 4 rings (SSSR count). The minimum atomic E-state index is -0.420. The Balaban J connectivity index is 1.75. The molecule has 0 saturated heterocycles. The average molecular weight is 433 g/mol. The lowest BCUT2D eigenvalue weighted by atomic mass is 10.0. The molecule has 0 aliphatic carbocycles. The van der Waals surface area contributed by atoms with Gasteiger partial charge in [-0.2, -0.15) is 0 Å². The molecule has 0 atom stereocenters. The lowest BCUT2D eigenvalue weighted by Crippen LogP contribution is -2.32. The van der Waals surface area contributed by atoms with Crippen LogP contribution in [0.25, 0.3) is 5.57 Å². The van der Waals surface area contributed by atoms with Gasteiger partial charge in [-0.25, -0.2) is 4.90 Å². The van der Waals surface area contributed by atoms with Crippen molar-refractivity contribution >= 4 is 40.4 Å². The monoisotopic (exact) mass is 432 g/mol. The van der Waals surface area contributed by atoms with Crippen molar-refractivity contribution < 1.29 is 14.3 Å². The number of carbonyl (C=O) groups excluding carboxylic acids is 2. The highest BCUT2D eigenvalue weighted by Gasteiger charge is 2.40. The molecule has 0 aromatic heterocycles. The van der Waals surface area contributed by atoms with Crippen LogP contribution in [0.3, 0.4) is 0 Å². The number of anilines is 2. The number of hydrogen-bond donors (Lipinski definition) is 1. The third-order valence-corrected chi connectivity index (χ3v) is 5.20. The van der Waals surface area contributed by atoms with Gasteiger partial charge in [0.25, 0.3) is 11.8 Å². The first-order chi connectivity index (χ1) is 15.0. The molecule has 1 N–H and O–H groups in total. The summed E-state index contributed by atoms with van der Waals surface area (Å²) in [6, 6.07) is 21.4. The normalized spacial score (nSPS) is 13.7. The van der Waals surface area contributed by atoms with Crippen LogP contribution in [0.5, 0.6) is 5.75 Å². The molecule has 3 aromatic rings. The number of amides is 2. The van der Waals surface area contributed by atoms with Crippen LogP contribution < -0.4 is 15.0 Å². The van der Waals surface area contributed by atoms with E-state index in [2.05, 4.69) is 5.32 Å². The molecule has 2 amide bonds. The molecule has 1 heterocycles. The van der Waals surface area contributed by atoms with Crippen molar-refractivity contribution in [3.05, 3.63) is 94.6 Å². The Bertz CT molecular complexity index is 1150. The Kier molecular flexibility index (Phi) is 5.78. The molecule has 0 bridgehead atoms. The zero-order chi connectivity index (χ0) is 22.0. The highest BCUT2D eigenvalue weighted by molar-refractivity contribution is 6.46. The summed E-state index contributed by atoms with van der Waals surface area (Å²) in [6.07, 6.45) is 0. The standard InChI is InChI=1S/C25H21ClN2O3/c1-3-31-21-14-10-19(11-15-21)27-23-22(17-6-4-16(2)5-7-17)24(29)28(25(23)30)20-12-8-18(26)9-13-20/h4-15,27H,3H2,1-2H3. The molecule has 31 heavy (non-hydrogen) atoms. The van der Waals surface area contributed by atoms with E-state index in [1.807, 2.05) is 62.4 Å². The average Bonchev–Trinajstić information content (AvgIpc) is 3.01. The Hall–Kier alpha value is -3.57. The Morgan fingerprint density at radius 1 is 0.871 bits per heavy atom. The maximum absolute atomic E-state index is 13.4. The molecule has 5 nitrogen and oxygen atoms in total. The van der Waals surface area contributed by atoms with Gasteiger partial charge in [-0.3, -0.25) is 9.59 Å². The first-order valence-electron chi connectivity index (χ1n) is 9.93. The lowest BCUT2D eigenvalue weighted by Gasteiger charge is -2.15. The van der Waals surface area contributed by atoms with Crippen LogP contribution in [0.4, 0.5) is 11.4 Å². The number of hydrogen-bond acceptors (Lipinski definition) is 4. The van der Waals surface area contributed by atoms with Gasteiger partial charge in [0.05, 0.1) is 17.9 Å². The van der Waals surface area contributed by atoms with Gasteiger partial charge in [0.2, 0.25) is 0 Å². The molecule has 0 spiro atoms. The minimum absolute atomic E-state index is 0.230. The van der Waals surface area contributed by atoms with Gasteiger partial charge in [-0.05, 0) is 67.9 Å². The second kappa shape index (κ2) is 8.66. The number of aryl methyl sites for hydroxylation is 1. The van der Waals surface area contributed by atoms with Crippen molar-refractivity contribution in [2.24, 2.45) is 0 Å². The smallest absolute Gasteiger partial charge is 0.282 e. The van der Waals surface area contributed by atoms with E-state index in [9.17, 15) is 9.59 Å². The molecule has 3 aromatic carbocycles. The van der Waals surface area contributed by atoms with E-state index in [0.29, 0.717) is 34.1 Å². The van der Waals surface area contributed by atoms with Gasteiger partial charge in [0.15, 0.2) is 0 Å². The van der Waals surface area contributed by atoms with Crippen LogP contribution in [-0.4, -0.2) is 18.4 Å². The summed E-state index contributed by atoms with van der Waals surface area (Å²) in [6.45, 7) is 4.45. The summed E-state index contributed by atoms with van der Waals surface area (Å²) in [5.74, 6) is -0.0706. The SMILES string of the molecule is CCOc1ccc(NC2=C(c3ccc(C)cc3)C(=O)N(c3ccc(Cl)cc3)C2=O)cc1. The largest absolute Gasteiger partial charge is 0.494 e. The summed E-state index contributed by atoms with van der Waals surface area (Å²) in [5, 5.41) is 3.68. The number of benzene rings is 3.